The summed E-state index contributed by atoms with van der Waals surface area (Å²) in [5.41, 5.74) is 0.295. The van der Waals surface area contributed by atoms with Crippen molar-refractivity contribution in [2.24, 2.45) is 0 Å². The summed E-state index contributed by atoms with van der Waals surface area (Å²) in [6.07, 6.45) is 1.78. The van der Waals surface area contributed by atoms with E-state index in [0.29, 0.717) is 15.3 Å². The first kappa shape index (κ1) is 14.5. The van der Waals surface area contributed by atoms with E-state index in [4.69, 9.17) is 4.42 Å². The lowest BCUT2D eigenvalue weighted by Gasteiger charge is -2.06. The molecule has 0 spiro atoms. The van der Waals surface area contributed by atoms with Crippen LogP contribution in [0.1, 0.15) is 0 Å². The van der Waals surface area contributed by atoms with Crippen molar-refractivity contribution in [1.82, 2.24) is 10.2 Å². The topological polar surface area (TPSA) is 82.3 Å². The summed E-state index contributed by atoms with van der Waals surface area (Å²) in [7, 11) is -2.75. The second-order valence-electron chi connectivity index (χ2n) is 3.34. The van der Waals surface area contributed by atoms with Crippen molar-refractivity contribution in [3.63, 3.8) is 0 Å². The minimum Gasteiger partial charge on any atom is -0.411 e. The van der Waals surface area contributed by atoms with Crippen LogP contribution >= 0.6 is 27.7 Å². The number of benzene rings is 1. The van der Waals surface area contributed by atoms with Gasteiger partial charge >= 0.3 is 0 Å². The number of thioether (sulfide) groups is 1. The zero-order chi connectivity index (χ0) is 14.0. The van der Waals surface area contributed by atoms with Crippen LogP contribution in [-0.4, -0.2) is 32.0 Å². The Morgan fingerprint density at radius 2 is 2.11 bits per heavy atom. The maximum absolute atomic E-state index is 11.9. The Kier molecular flexibility index (Phi) is 4.29. The molecule has 2 rings (SSSR count). The van der Waals surface area contributed by atoms with Gasteiger partial charge in [0, 0.05) is 4.47 Å². The van der Waals surface area contributed by atoms with E-state index in [1.807, 2.05) is 0 Å². The second kappa shape index (κ2) is 5.61. The molecular weight excluding hydrogens is 356 g/mol. The maximum atomic E-state index is 11.9. The van der Waals surface area contributed by atoms with E-state index >= 15 is 0 Å². The summed E-state index contributed by atoms with van der Waals surface area (Å²) in [6, 6.07) is 4.60. The van der Waals surface area contributed by atoms with Gasteiger partial charge in [-0.25, -0.2) is 0 Å². The van der Waals surface area contributed by atoms with Crippen molar-refractivity contribution in [3.8, 4) is 11.5 Å². The molecule has 0 N–H and O–H groups in total. The number of rotatable bonds is 4. The van der Waals surface area contributed by atoms with Crippen LogP contribution in [0.5, 0.6) is 0 Å². The van der Waals surface area contributed by atoms with Crippen LogP contribution in [0.4, 0.5) is 0 Å². The molecule has 0 amide bonds. The fourth-order valence-electron chi connectivity index (χ4n) is 1.38. The van der Waals surface area contributed by atoms with Gasteiger partial charge in [-0.15, -0.1) is 10.2 Å². The Hall–Kier alpha value is -0.900. The Bertz CT molecular complexity index is 699. The van der Waals surface area contributed by atoms with Crippen LogP contribution in [0.2, 0.25) is 0 Å². The molecule has 0 atom stereocenters. The minimum atomic E-state index is -3.85. The minimum absolute atomic E-state index is 0.0190. The Morgan fingerprint density at radius 3 is 2.68 bits per heavy atom. The molecule has 1 aromatic carbocycles. The fraction of sp³-hybridized carbons (Fsp3) is 0.200. The van der Waals surface area contributed by atoms with Crippen molar-refractivity contribution >= 4 is 37.8 Å². The molecule has 1 heterocycles. The highest BCUT2D eigenvalue weighted by Crippen LogP contribution is 2.31. The summed E-state index contributed by atoms with van der Waals surface area (Å²) in [4.78, 5) is -0.0190. The highest BCUT2D eigenvalue weighted by Gasteiger charge is 2.22. The lowest BCUT2D eigenvalue weighted by atomic mass is 10.2. The normalized spacial score (nSPS) is 11.7. The number of aromatic nitrogens is 2. The predicted molar refractivity (Wildman–Crippen MR) is 73.4 cm³/mol. The number of halogens is 1. The van der Waals surface area contributed by atoms with Crippen LogP contribution in [0, 0.1) is 0 Å². The molecule has 19 heavy (non-hydrogen) atoms. The van der Waals surface area contributed by atoms with E-state index in [1.54, 1.807) is 18.4 Å². The SMILES string of the molecule is COS(=O)(=O)c1ccc(Br)cc1-c1nnc(SC)o1. The average Bonchev–Trinajstić information content (AvgIpc) is 2.87. The third-order valence-corrected chi connectivity index (χ3v) is 4.58. The number of nitrogens with zero attached hydrogens (tertiary/aromatic N) is 2. The van der Waals surface area contributed by atoms with Crippen molar-refractivity contribution < 1.29 is 17.0 Å². The summed E-state index contributed by atoms with van der Waals surface area (Å²) < 4.78 is 34.3. The zero-order valence-electron chi connectivity index (χ0n) is 9.95. The first-order chi connectivity index (χ1) is 8.97. The first-order valence-corrected chi connectivity index (χ1v) is 8.38. The summed E-state index contributed by atoms with van der Waals surface area (Å²) in [5.74, 6) is 0.126. The summed E-state index contributed by atoms with van der Waals surface area (Å²) in [6.45, 7) is 0. The van der Waals surface area contributed by atoms with Gasteiger partial charge in [0.15, 0.2) is 0 Å². The molecular formula is C10H9BrN2O4S2. The lowest BCUT2D eigenvalue weighted by molar-refractivity contribution is 0.397. The molecule has 1 aromatic heterocycles. The molecule has 0 aliphatic heterocycles. The number of hydrogen-bond donors (Lipinski definition) is 0. The van der Waals surface area contributed by atoms with Gasteiger partial charge in [0.05, 0.1) is 12.7 Å². The van der Waals surface area contributed by atoms with E-state index in [9.17, 15) is 8.42 Å². The molecule has 0 radical (unpaired) electrons. The van der Waals surface area contributed by atoms with Crippen LogP contribution in [0.3, 0.4) is 0 Å². The Labute approximate surface area is 122 Å². The van der Waals surface area contributed by atoms with E-state index < -0.39 is 10.1 Å². The first-order valence-electron chi connectivity index (χ1n) is 4.96. The van der Waals surface area contributed by atoms with Gasteiger partial charge < -0.3 is 4.42 Å². The monoisotopic (exact) mass is 364 g/mol. The second-order valence-corrected chi connectivity index (χ2v) is 6.69. The molecule has 0 fully saturated rings. The largest absolute Gasteiger partial charge is 0.411 e. The number of hydrogen-bond acceptors (Lipinski definition) is 7. The fourth-order valence-corrected chi connectivity index (χ4v) is 2.85. The standard InChI is InChI=1S/C10H9BrN2O4S2/c1-16-19(14,15)8-4-3-6(11)5-7(8)9-12-13-10(17-9)18-2/h3-5H,1-2H3. The molecule has 0 bridgehead atoms. The van der Waals surface area contributed by atoms with Gasteiger partial charge in [0.25, 0.3) is 15.3 Å². The van der Waals surface area contributed by atoms with E-state index in [-0.39, 0.29) is 10.8 Å². The molecule has 6 nitrogen and oxygen atoms in total. The maximum Gasteiger partial charge on any atom is 0.297 e. The van der Waals surface area contributed by atoms with Crippen molar-refractivity contribution in [2.45, 2.75) is 10.1 Å². The van der Waals surface area contributed by atoms with Gasteiger partial charge in [-0.2, -0.15) is 8.42 Å². The third kappa shape index (κ3) is 2.99. The van der Waals surface area contributed by atoms with Crippen LogP contribution in [-0.2, 0) is 14.3 Å². The van der Waals surface area contributed by atoms with Crippen LogP contribution in [0.15, 0.2) is 37.2 Å². The van der Waals surface area contributed by atoms with Crippen molar-refractivity contribution in [1.29, 1.82) is 0 Å². The van der Waals surface area contributed by atoms with Crippen LogP contribution < -0.4 is 0 Å². The highest BCUT2D eigenvalue weighted by molar-refractivity contribution is 9.10. The van der Waals surface area contributed by atoms with Gasteiger partial charge in [-0.1, -0.05) is 27.7 Å². The lowest BCUT2D eigenvalue weighted by Crippen LogP contribution is -2.04. The van der Waals surface area contributed by atoms with Crippen LogP contribution in [0.25, 0.3) is 11.5 Å². The van der Waals surface area contributed by atoms with Gasteiger partial charge in [0.1, 0.15) is 4.90 Å². The van der Waals surface area contributed by atoms with Crippen molar-refractivity contribution in [3.05, 3.63) is 22.7 Å². The molecule has 0 saturated heterocycles. The zero-order valence-corrected chi connectivity index (χ0v) is 13.2. The quantitative estimate of drug-likeness (QED) is 0.608. The summed E-state index contributed by atoms with van der Waals surface area (Å²) >= 11 is 4.55. The molecule has 9 heteroatoms. The van der Waals surface area contributed by atoms with Gasteiger partial charge in [0.2, 0.25) is 5.89 Å². The molecule has 0 saturated carbocycles. The average molecular weight is 365 g/mol. The molecule has 102 valence electrons. The van der Waals surface area contributed by atoms with Gasteiger partial charge in [-0.3, -0.25) is 4.18 Å². The third-order valence-electron chi connectivity index (χ3n) is 2.24. The van der Waals surface area contributed by atoms with E-state index in [2.05, 4.69) is 30.3 Å². The van der Waals surface area contributed by atoms with E-state index in [1.165, 1.54) is 17.8 Å². The Balaban J connectivity index is 2.64. The van der Waals surface area contributed by atoms with Crippen molar-refractivity contribution in [2.75, 3.05) is 13.4 Å². The molecule has 0 aliphatic rings. The predicted octanol–water partition coefficient (Wildman–Crippen LogP) is 2.56. The molecule has 0 unspecified atom stereocenters. The summed E-state index contributed by atoms with van der Waals surface area (Å²) in [5, 5.41) is 7.97. The van der Waals surface area contributed by atoms with E-state index in [0.717, 1.165) is 7.11 Å². The van der Waals surface area contributed by atoms with Gasteiger partial charge in [-0.05, 0) is 24.5 Å². The Morgan fingerprint density at radius 1 is 1.37 bits per heavy atom. The smallest absolute Gasteiger partial charge is 0.297 e. The molecule has 0 aliphatic carbocycles. The highest BCUT2D eigenvalue weighted by atomic mass is 79.9. The molecule has 2 aromatic rings.